The van der Waals surface area contributed by atoms with Crippen LogP contribution < -0.4 is 9.47 Å². The molecule has 0 saturated carbocycles. The van der Waals surface area contributed by atoms with Crippen LogP contribution in [0.25, 0.3) is 0 Å². The number of carboxylic acids is 1. The lowest BCUT2D eigenvalue weighted by atomic mass is 10.0. The quantitative estimate of drug-likeness (QED) is 0.654. The van der Waals surface area contributed by atoms with Crippen LogP contribution in [0.4, 0.5) is 0 Å². The van der Waals surface area contributed by atoms with E-state index in [1.54, 1.807) is 7.11 Å². The van der Waals surface area contributed by atoms with Crippen LogP contribution in [-0.2, 0) is 4.79 Å². The second-order valence-electron chi connectivity index (χ2n) is 6.41. The van der Waals surface area contributed by atoms with Crippen LogP contribution in [0, 0.1) is 0 Å². The van der Waals surface area contributed by atoms with E-state index < -0.39 is 5.97 Å². The molecule has 1 fully saturated rings. The zero-order valence-corrected chi connectivity index (χ0v) is 15.3. The van der Waals surface area contributed by atoms with Crippen molar-refractivity contribution >= 4 is 5.97 Å². The second kappa shape index (κ2) is 10.3. The molecule has 1 aliphatic heterocycles. The van der Waals surface area contributed by atoms with Crippen LogP contribution in [0.15, 0.2) is 24.3 Å². The molecule has 1 aromatic carbocycles. The SMILES string of the molecule is CCN(CC(=O)O)C1CCN(CCCOc2ccc(OC)cc2)CC1. The van der Waals surface area contributed by atoms with Gasteiger partial charge in [0, 0.05) is 12.6 Å². The van der Waals surface area contributed by atoms with Gasteiger partial charge in [-0.15, -0.1) is 0 Å². The van der Waals surface area contributed by atoms with Crippen LogP contribution >= 0.6 is 0 Å². The second-order valence-corrected chi connectivity index (χ2v) is 6.41. The first kappa shape index (κ1) is 19.5. The van der Waals surface area contributed by atoms with Gasteiger partial charge in [0.25, 0.3) is 0 Å². The van der Waals surface area contributed by atoms with Crippen molar-refractivity contribution in [3.05, 3.63) is 24.3 Å². The van der Waals surface area contributed by atoms with Crippen molar-refractivity contribution < 1.29 is 19.4 Å². The Labute approximate surface area is 150 Å². The Morgan fingerprint density at radius 3 is 2.44 bits per heavy atom. The van der Waals surface area contributed by atoms with Gasteiger partial charge >= 0.3 is 5.97 Å². The van der Waals surface area contributed by atoms with E-state index in [1.165, 1.54) is 0 Å². The predicted molar refractivity (Wildman–Crippen MR) is 97.5 cm³/mol. The number of ether oxygens (including phenoxy) is 2. The maximum atomic E-state index is 10.9. The summed E-state index contributed by atoms with van der Waals surface area (Å²) in [6.45, 7) is 6.77. The monoisotopic (exact) mass is 350 g/mol. The van der Waals surface area contributed by atoms with Gasteiger partial charge in [0.2, 0.25) is 0 Å². The first-order valence-corrected chi connectivity index (χ1v) is 9.07. The Morgan fingerprint density at radius 2 is 1.88 bits per heavy atom. The molecule has 0 radical (unpaired) electrons. The Hall–Kier alpha value is -1.79. The van der Waals surface area contributed by atoms with Crippen LogP contribution in [0.2, 0.25) is 0 Å². The molecule has 6 heteroatoms. The van der Waals surface area contributed by atoms with Crippen LogP contribution in [0.5, 0.6) is 11.5 Å². The Morgan fingerprint density at radius 1 is 1.24 bits per heavy atom. The summed E-state index contributed by atoms with van der Waals surface area (Å²) in [5, 5.41) is 8.99. The fraction of sp³-hybridized carbons (Fsp3) is 0.632. The lowest BCUT2D eigenvalue weighted by Crippen LogP contribution is -2.46. The van der Waals surface area contributed by atoms with E-state index in [2.05, 4.69) is 9.80 Å². The highest BCUT2D eigenvalue weighted by Crippen LogP contribution is 2.18. The largest absolute Gasteiger partial charge is 0.497 e. The van der Waals surface area contributed by atoms with Gasteiger partial charge in [-0.25, -0.2) is 0 Å². The zero-order chi connectivity index (χ0) is 18.1. The highest BCUT2D eigenvalue weighted by atomic mass is 16.5. The molecular formula is C19H30N2O4. The molecule has 0 spiro atoms. The summed E-state index contributed by atoms with van der Waals surface area (Å²) in [5.74, 6) is 0.964. The molecule has 1 heterocycles. The molecule has 0 bridgehead atoms. The summed E-state index contributed by atoms with van der Waals surface area (Å²) in [4.78, 5) is 15.5. The van der Waals surface area contributed by atoms with Crippen molar-refractivity contribution in [2.45, 2.75) is 32.2 Å². The lowest BCUT2D eigenvalue weighted by molar-refractivity contribution is -0.139. The molecule has 2 rings (SSSR count). The van der Waals surface area contributed by atoms with Crippen molar-refractivity contribution in [3.63, 3.8) is 0 Å². The predicted octanol–water partition coefficient (Wildman–Crippen LogP) is 2.33. The maximum absolute atomic E-state index is 10.9. The molecule has 140 valence electrons. The molecule has 1 aliphatic rings. The minimum absolute atomic E-state index is 0.150. The summed E-state index contributed by atoms with van der Waals surface area (Å²) < 4.78 is 10.9. The normalized spacial score (nSPS) is 16.1. The molecule has 25 heavy (non-hydrogen) atoms. The molecule has 0 aliphatic carbocycles. The van der Waals surface area contributed by atoms with E-state index in [4.69, 9.17) is 14.6 Å². The van der Waals surface area contributed by atoms with E-state index in [0.717, 1.165) is 56.9 Å². The number of piperidine rings is 1. The molecule has 0 unspecified atom stereocenters. The highest BCUT2D eigenvalue weighted by Gasteiger charge is 2.24. The number of rotatable bonds is 10. The van der Waals surface area contributed by atoms with Crippen molar-refractivity contribution in [3.8, 4) is 11.5 Å². The smallest absolute Gasteiger partial charge is 0.317 e. The van der Waals surface area contributed by atoms with E-state index in [0.29, 0.717) is 12.6 Å². The number of carboxylic acid groups (broad SMARTS) is 1. The van der Waals surface area contributed by atoms with Gasteiger partial charge in [0.15, 0.2) is 0 Å². The summed E-state index contributed by atoms with van der Waals surface area (Å²) in [6.07, 6.45) is 3.07. The average molecular weight is 350 g/mol. The molecule has 1 N–H and O–H groups in total. The van der Waals surface area contributed by atoms with E-state index >= 15 is 0 Å². The minimum atomic E-state index is -0.736. The van der Waals surface area contributed by atoms with Crippen molar-refractivity contribution in [1.29, 1.82) is 0 Å². The number of benzene rings is 1. The molecule has 6 nitrogen and oxygen atoms in total. The number of carbonyl (C=O) groups is 1. The van der Waals surface area contributed by atoms with Gasteiger partial charge in [0.1, 0.15) is 11.5 Å². The maximum Gasteiger partial charge on any atom is 0.317 e. The highest BCUT2D eigenvalue weighted by molar-refractivity contribution is 5.69. The van der Waals surface area contributed by atoms with Crippen LogP contribution in [0.3, 0.4) is 0 Å². The average Bonchev–Trinajstić information content (AvgIpc) is 2.64. The van der Waals surface area contributed by atoms with Crippen LogP contribution in [0.1, 0.15) is 26.2 Å². The van der Waals surface area contributed by atoms with E-state index in [1.807, 2.05) is 31.2 Å². The number of likely N-dealkylation sites (tertiary alicyclic amines) is 1. The molecule has 0 atom stereocenters. The Bertz CT molecular complexity index is 513. The number of hydrogen-bond acceptors (Lipinski definition) is 5. The molecule has 0 aromatic heterocycles. The van der Waals surface area contributed by atoms with Crippen molar-refractivity contribution in [2.24, 2.45) is 0 Å². The first-order chi connectivity index (χ1) is 12.1. The van der Waals surface area contributed by atoms with E-state index in [-0.39, 0.29) is 6.54 Å². The Kier molecular flexibility index (Phi) is 8.01. The van der Waals surface area contributed by atoms with Gasteiger partial charge in [-0.1, -0.05) is 6.92 Å². The standard InChI is InChI=1S/C19H30N2O4/c1-3-21(15-19(22)23)16-9-12-20(13-10-16)11-4-14-25-18-7-5-17(24-2)6-8-18/h5-8,16H,3-4,9-15H2,1-2H3,(H,22,23). The van der Waals surface area contributed by atoms with Gasteiger partial charge in [0.05, 0.1) is 20.3 Å². The number of nitrogens with zero attached hydrogens (tertiary/aromatic N) is 2. The zero-order valence-electron chi connectivity index (χ0n) is 15.3. The third kappa shape index (κ3) is 6.55. The van der Waals surface area contributed by atoms with Gasteiger partial charge in [-0.05, 0) is 63.2 Å². The Balaban J connectivity index is 1.62. The number of likely N-dealkylation sites (N-methyl/N-ethyl adjacent to an activating group) is 1. The molecule has 1 aromatic rings. The van der Waals surface area contributed by atoms with Crippen molar-refractivity contribution in [1.82, 2.24) is 9.80 Å². The van der Waals surface area contributed by atoms with Crippen molar-refractivity contribution in [2.75, 3.05) is 46.4 Å². The topological polar surface area (TPSA) is 62.2 Å². The van der Waals surface area contributed by atoms with Crippen LogP contribution in [-0.4, -0.2) is 73.4 Å². The third-order valence-electron chi connectivity index (χ3n) is 4.76. The summed E-state index contributed by atoms with van der Waals surface area (Å²) in [6, 6.07) is 8.04. The molecule has 1 saturated heterocycles. The number of aliphatic carboxylic acids is 1. The fourth-order valence-electron chi connectivity index (χ4n) is 3.33. The fourth-order valence-corrected chi connectivity index (χ4v) is 3.33. The lowest BCUT2D eigenvalue weighted by Gasteiger charge is -2.37. The number of methoxy groups -OCH3 is 1. The number of hydrogen-bond donors (Lipinski definition) is 1. The van der Waals surface area contributed by atoms with Gasteiger partial charge in [-0.3, -0.25) is 9.69 Å². The minimum Gasteiger partial charge on any atom is -0.497 e. The summed E-state index contributed by atoms with van der Waals surface area (Å²) in [5.41, 5.74) is 0. The van der Waals surface area contributed by atoms with E-state index in [9.17, 15) is 4.79 Å². The van der Waals surface area contributed by atoms with Gasteiger partial charge < -0.3 is 19.5 Å². The van der Waals surface area contributed by atoms with Gasteiger partial charge in [-0.2, -0.15) is 0 Å². The summed E-state index contributed by atoms with van der Waals surface area (Å²) >= 11 is 0. The summed E-state index contributed by atoms with van der Waals surface area (Å²) in [7, 11) is 1.65. The third-order valence-corrected chi connectivity index (χ3v) is 4.76. The first-order valence-electron chi connectivity index (χ1n) is 9.07. The molecular weight excluding hydrogens is 320 g/mol. The molecule has 0 amide bonds.